The van der Waals surface area contributed by atoms with Crippen molar-refractivity contribution in [2.75, 3.05) is 17.3 Å². The number of nitrogens with one attached hydrogen (secondary N) is 1. The van der Waals surface area contributed by atoms with Gasteiger partial charge in [-0.25, -0.2) is 9.97 Å². The van der Waals surface area contributed by atoms with Crippen LogP contribution in [0.15, 0.2) is 54.6 Å². The Balaban J connectivity index is 1.89. The second kappa shape index (κ2) is 7.35. The van der Waals surface area contributed by atoms with Gasteiger partial charge in [0.25, 0.3) is 5.91 Å². The molecule has 3 rings (SSSR count). The van der Waals surface area contributed by atoms with Gasteiger partial charge in [0.2, 0.25) is 0 Å². The molecule has 132 valence electrons. The second-order valence-electron chi connectivity index (χ2n) is 6.33. The highest BCUT2D eigenvalue weighted by Crippen LogP contribution is 2.22. The van der Waals surface area contributed by atoms with E-state index >= 15 is 0 Å². The molecule has 0 fully saturated rings. The van der Waals surface area contributed by atoms with Crippen LogP contribution in [0.3, 0.4) is 0 Å². The quantitative estimate of drug-likeness (QED) is 0.759. The summed E-state index contributed by atoms with van der Waals surface area (Å²) >= 11 is 0. The van der Waals surface area contributed by atoms with Crippen LogP contribution >= 0.6 is 0 Å². The Hall–Kier alpha value is -3.21. The molecule has 1 aromatic heterocycles. The molecule has 0 atom stereocenters. The number of hydrogen-bond donors (Lipinski definition) is 1. The Bertz CT molecular complexity index is 938. The maximum Gasteiger partial charge on any atom is 0.276 e. The molecule has 5 heteroatoms. The summed E-state index contributed by atoms with van der Waals surface area (Å²) in [7, 11) is 1.74. The number of amides is 1. The van der Waals surface area contributed by atoms with E-state index in [1.807, 2.05) is 49.4 Å². The molecule has 0 saturated heterocycles. The highest BCUT2D eigenvalue weighted by atomic mass is 16.2. The summed E-state index contributed by atoms with van der Waals surface area (Å²) < 4.78 is 0. The van der Waals surface area contributed by atoms with E-state index in [0.29, 0.717) is 17.3 Å². The smallest absolute Gasteiger partial charge is 0.276 e. The van der Waals surface area contributed by atoms with Gasteiger partial charge in [0.1, 0.15) is 17.3 Å². The fourth-order valence-corrected chi connectivity index (χ4v) is 2.77. The van der Waals surface area contributed by atoms with Gasteiger partial charge in [-0.1, -0.05) is 35.9 Å². The third-order valence-electron chi connectivity index (χ3n) is 4.15. The monoisotopic (exact) mass is 346 g/mol. The fourth-order valence-electron chi connectivity index (χ4n) is 2.77. The molecule has 3 aromatic rings. The van der Waals surface area contributed by atoms with Crippen molar-refractivity contribution in [1.29, 1.82) is 0 Å². The topological polar surface area (TPSA) is 58.1 Å². The largest absolute Gasteiger partial charge is 0.340 e. The Labute approximate surface area is 153 Å². The van der Waals surface area contributed by atoms with Crippen LogP contribution in [0.5, 0.6) is 0 Å². The van der Waals surface area contributed by atoms with Gasteiger partial charge >= 0.3 is 0 Å². The molecule has 0 spiro atoms. The van der Waals surface area contributed by atoms with Crippen LogP contribution < -0.4 is 10.2 Å². The first kappa shape index (κ1) is 17.6. The fraction of sp³-hybridized carbons (Fsp3) is 0.190. The lowest BCUT2D eigenvalue weighted by Crippen LogP contribution is -2.27. The predicted molar refractivity (Wildman–Crippen MR) is 105 cm³/mol. The van der Waals surface area contributed by atoms with E-state index in [9.17, 15) is 4.79 Å². The number of anilines is 3. The molecule has 0 aliphatic carbocycles. The van der Waals surface area contributed by atoms with E-state index < -0.39 is 0 Å². The summed E-state index contributed by atoms with van der Waals surface area (Å²) in [6.07, 6.45) is 0. The first-order chi connectivity index (χ1) is 12.4. The lowest BCUT2D eigenvalue weighted by Gasteiger charge is -2.17. The number of carbonyl (C=O) groups excluding carboxylic acids is 1. The SMILES string of the molecule is Cc1ccc(Nc2cc(C(=O)N(C)c3ccccc3)nc(C)n2)c(C)c1. The Morgan fingerprint density at radius 3 is 2.38 bits per heavy atom. The van der Waals surface area contributed by atoms with Crippen LogP contribution in [0.1, 0.15) is 27.4 Å². The molecule has 1 amide bonds. The molecular formula is C21H22N4O. The molecular weight excluding hydrogens is 324 g/mol. The van der Waals surface area contributed by atoms with Crippen molar-refractivity contribution in [3.05, 3.63) is 77.2 Å². The first-order valence-corrected chi connectivity index (χ1v) is 8.47. The number of aromatic nitrogens is 2. The molecule has 26 heavy (non-hydrogen) atoms. The van der Waals surface area contributed by atoms with E-state index in [1.165, 1.54) is 5.56 Å². The van der Waals surface area contributed by atoms with Gasteiger partial charge in [0.05, 0.1) is 0 Å². The van der Waals surface area contributed by atoms with Gasteiger partial charge in [0.15, 0.2) is 0 Å². The lowest BCUT2D eigenvalue weighted by molar-refractivity contribution is 0.0988. The number of rotatable bonds is 4. The molecule has 0 aliphatic rings. The third kappa shape index (κ3) is 3.88. The Kier molecular flexibility index (Phi) is 4.98. The third-order valence-corrected chi connectivity index (χ3v) is 4.15. The highest BCUT2D eigenvalue weighted by molar-refractivity contribution is 6.04. The van der Waals surface area contributed by atoms with Gasteiger partial charge < -0.3 is 10.2 Å². The van der Waals surface area contributed by atoms with Crippen molar-refractivity contribution < 1.29 is 4.79 Å². The Morgan fingerprint density at radius 1 is 0.962 bits per heavy atom. The van der Waals surface area contributed by atoms with Crippen molar-refractivity contribution >= 4 is 23.1 Å². The number of para-hydroxylation sites is 1. The molecule has 1 heterocycles. The minimum Gasteiger partial charge on any atom is -0.340 e. The van der Waals surface area contributed by atoms with Crippen LogP contribution in [0, 0.1) is 20.8 Å². The Morgan fingerprint density at radius 2 is 1.69 bits per heavy atom. The van der Waals surface area contributed by atoms with Crippen molar-refractivity contribution in [2.45, 2.75) is 20.8 Å². The highest BCUT2D eigenvalue weighted by Gasteiger charge is 2.17. The van der Waals surface area contributed by atoms with E-state index in [0.717, 1.165) is 16.9 Å². The lowest BCUT2D eigenvalue weighted by atomic mass is 10.1. The summed E-state index contributed by atoms with van der Waals surface area (Å²) in [5.74, 6) is 0.976. The van der Waals surface area contributed by atoms with E-state index in [4.69, 9.17) is 0 Å². The average molecular weight is 346 g/mol. The maximum absolute atomic E-state index is 12.8. The molecule has 5 nitrogen and oxygen atoms in total. The first-order valence-electron chi connectivity index (χ1n) is 8.47. The number of hydrogen-bond acceptors (Lipinski definition) is 4. The number of aryl methyl sites for hydroxylation is 3. The number of carbonyl (C=O) groups is 1. The normalized spacial score (nSPS) is 10.5. The van der Waals surface area contributed by atoms with Crippen molar-refractivity contribution in [3.63, 3.8) is 0 Å². The van der Waals surface area contributed by atoms with Crippen LogP contribution in [0.4, 0.5) is 17.2 Å². The molecule has 1 N–H and O–H groups in total. The number of nitrogens with zero attached hydrogens (tertiary/aromatic N) is 3. The van der Waals surface area contributed by atoms with Crippen LogP contribution in [-0.2, 0) is 0 Å². The van der Waals surface area contributed by atoms with Crippen molar-refractivity contribution in [3.8, 4) is 0 Å². The average Bonchev–Trinajstić information content (AvgIpc) is 2.63. The van der Waals surface area contributed by atoms with Crippen molar-refractivity contribution in [1.82, 2.24) is 9.97 Å². The van der Waals surface area contributed by atoms with E-state index in [-0.39, 0.29) is 5.91 Å². The molecule has 2 aromatic carbocycles. The zero-order valence-corrected chi connectivity index (χ0v) is 15.4. The van der Waals surface area contributed by atoms with Crippen molar-refractivity contribution in [2.24, 2.45) is 0 Å². The van der Waals surface area contributed by atoms with E-state index in [2.05, 4.69) is 28.3 Å². The maximum atomic E-state index is 12.8. The van der Waals surface area contributed by atoms with Crippen LogP contribution in [-0.4, -0.2) is 22.9 Å². The van der Waals surface area contributed by atoms with E-state index in [1.54, 1.807) is 24.9 Å². The molecule has 0 aliphatic heterocycles. The second-order valence-corrected chi connectivity index (χ2v) is 6.33. The van der Waals surface area contributed by atoms with Gasteiger partial charge in [-0.15, -0.1) is 0 Å². The summed E-state index contributed by atoms with van der Waals surface area (Å²) in [4.78, 5) is 23.1. The standard InChI is InChI=1S/C21H22N4O/c1-14-10-11-18(15(2)12-14)24-20-13-19(22-16(3)23-20)21(26)25(4)17-8-6-5-7-9-17/h5-13H,1-4H3,(H,22,23,24). The molecule has 0 saturated carbocycles. The predicted octanol–water partition coefficient (Wildman–Crippen LogP) is 4.42. The summed E-state index contributed by atoms with van der Waals surface area (Å²) in [6, 6.07) is 17.3. The van der Waals surface area contributed by atoms with Gasteiger partial charge in [0, 0.05) is 24.5 Å². The summed E-state index contributed by atoms with van der Waals surface area (Å²) in [6.45, 7) is 5.88. The molecule has 0 unspecified atom stereocenters. The zero-order valence-electron chi connectivity index (χ0n) is 15.4. The molecule has 0 bridgehead atoms. The number of benzene rings is 2. The summed E-state index contributed by atoms with van der Waals surface area (Å²) in [5.41, 5.74) is 4.46. The van der Waals surface area contributed by atoms with Gasteiger partial charge in [-0.2, -0.15) is 0 Å². The zero-order chi connectivity index (χ0) is 18.7. The summed E-state index contributed by atoms with van der Waals surface area (Å²) in [5, 5.41) is 3.29. The van der Waals surface area contributed by atoms with Crippen LogP contribution in [0.2, 0.25) is 0 Å². The minimum absolute atomic E-state index is 0.176. The van der Waals surface area contributed by atoms with Gasteiger partial charge in [-0.3, -0.25) is 4.79 Å². The molecule has 0 radical (unpaired) electrons. The minimum atomic E-state index is -0.176. The van der Waals surface area contributed by atoms with Gasteiger partial charge in [-0.05, 0) is 44.5 Å². The van der Waals surface area contributed by atoms with Crippen LogP contribution in [0.25, 0.3) is 0 Å².